The van der Waals surface area contributed by atoms with Crippen LogP contribution >= 0.6 is 11.8 Å². The van der Waals surface area contributed by atoms with Crippen molar-refractivity contribution in [2.45, 2.75) is 56.9 Å². The maximum Gasteiger partial charge on any atom is 0.416 e. The summed E-state index contributed by atoms with van der Waals surface area (Å²) in [5.74, 6) is 1.79. The zero-order valence-electron chi connectivity index (χ0n) is 18.9. The molecule has 5 nitrogen and oxygen atoms in total. The van der Waals surface area contributed by atoms with Crippen LogP contribution in [0, 0.1) is 6.92 Å². The van der Waals surface area contributed by atoms with Crippen LogP contribution in [0.5, 0.6) is 11.5 Å². The Morgan fingerprint density at radius 3 is 2.39 bits per heavy atom. The molecule has 1 atom stereocenters. The molecule has 2 aromatic rings. The molecule has 1 aliphatic rings. The molecular weight excluding hydrogens is 457 g/mol. The van der Waals surface area contributed by atoms with E-state index in [1.165, 1.54) is 12.1 Å². The van der Waals surface area contributed by atoms with Gasteiger partial charge in [0.25, 0.3) is 0 Å². The van der Waals surface area contributed by atoms with Gasteiger partial charge in [0.1, 0.15) is 30.8 Å². The minimum atomic E-state index is -4.36. The summed E-state index contributed by atoms with van der Waals surface area (Å²) in [5, 5.41) is 0. The first-order valence-corrected chi connectivity index (χ1v) is 11.8. The van der Waals surface area contributed by atoms with Crippen LogP contribution in [0.4, 0.5) is 13.2 Å². The van der Waals surface area contributed by atoms with Gasteiger partial charge in [0.15, 0.2) is 12.6 Å². The number of hydrogen-bond donors (Lipinski definition) is 0. The van der Waals surface area contributed by atoms with Gasteiger partial charge >= 0.3 is 6.18 Å². The number of alkyl halides is 3. The maximum absolute atomic E-state index is 12.7. The molecule has 1 aliphatic heterocycles. The number of hydrogen-bond acceptors (Lipinski definition) is 6. The van der Waals surface area contributed by atoms with Crippen LogP contribution in [0.15, 0.2) is 47.4 Å². The average molecular weight is 487 g/mol. The second-order valence-electron chi connectivity index (χ2n) is 7.64. The van der Waals surface area contributed by atoms with Crippen molar-refractivity contribution < 1.29 is 36.9 Å². The standard InChI is InChI=1S/C24H29F3O5S/c1-4-11-28-20(13-29-19-7-5-18(6-8-19)24(25,26)27)15-33-21-9-10-22(16(2)12-21)30-14-23-31-17(3)32-23/h5-10,12,17,20,23H,4,11,13-15H2,1-3H3. The summed E-state index contributed by atoms with van der Waals surface area (Å²) < 4.78 is 66.2. The summed E-state index contributed by atoms with van der Waals surface area (Å²) >= 11 is 1.62. The molecular formula is C24H29F3O5S. The Labute approximate surface area is 196 Å². The van der Waals surface area contributed by atoms with Gasteiger partial charge in [-0.15, -0.1) is 11.8 Å². The number of thioether (sulfide) groups is 1. The molecule has 182 valence electrons. The van der Waals surface area contributed by atoms with Crippen molar-refractivity contribution in [1.82, 2.24) is 0 Å². The van der Waals surface area contributed by atoms with Crippen molar-refractivity contribution in [2.75, 3.05) is 25.6 Å². The lowest BCUT2D eigenvalue weighted by molar-refractivity contribution is -0.380. The van der Waals surface area contributed by atoms with Crippen molar-refractivity contribution >= 4 is 11.8 Å². The third kappa shape index (κ3) is 8.10. The van der Waals surface area contributed by atoms with Gasteiger partial charge in [0, 0.05) is 17.3 Å². The number of rotatable bonds is 12. The van der Waals surface area contributed by atoms with Crippen molar-refractivity contribution in [3.05, 3.63) is 53.6 Å². The van der Waals surface area contributed by atoms with Gasteiger partial charge in [-0.2, -0.15) is 13.2 Å². The van der Waals surface area contributed by atoms with E-state index in [1.807, 2.05) is 39.0 Å². The summed E-state index contributed by atoms with van der Waals surface area (Å²) in [5.41, 5.74) is 0.300. The fourth-order valence-corrected chi connectivity index (χ4v) is 4.09. The minimum absolute atomic E-state index is 0.176. The Bertz CT molecular complexity index is 869. The second-order valence-corrected chi connectivity index (χ2v) is 8.74. The number of aryl methyl sites for hydroxylation is 1. The predicted molar refractivity (Wildman–Crippen MR) is 120 cm³/mol. The first kappa shape index (κ1) is 25.7. The third-order valence-corrected chi connectivity index (χ3v) is 5.94. The van der Waals surface area contributed by atoms with E-state index in [0.29, 0.717) is 24.7 Å². The van der Waals surface area contributed by atoms with Crippen molar-refractivity contribution in [1.29, 1.82) is 0 Å². The van der Waals surface area contributed by atoms with Crippen LogP contribution in [0.2, 0.25) is 0 Å². The van der Waals surface area contributed by atoms with E-state index in [1.54, 1.807) is 11.8 Å². The highest BCUT2D eigenvalue weighted by Gasteiger charge is 2.30. The fraction of sp³-hybridized carbons (Fsp3) is 0.500. The summed E-state index contributed by atoms with van der Waals surface area (Å²) in [7, 11) is 0. The molecule has 0 radical (unpaired) electrons. The zero-order chi connectivity index (χ0) is 23.8. The number of halogens is 3. The Kier molecular flexibility index (Phi) is 9.31. The Hall–Kier alpha value is -1.94. The van der Waals surface area contributed by atoms with E-state index in [9.17, 15) is 13.2 Å². The lowest BCUT2D eigenvalue weighted by Gasteiger charge is -2.33. The molecule has 0 amide bonds. The van der Waals surface area contributed by atoms with E-state index >= 15 is 0 Å². The lowest BCUT2D eigenvalue weighted by atomic mass is 10.2. The lowest BCUT2D eigenvalue weighted by Crippen LogP contribution is -2.42. The third-order valence-electron chi connectivity index (χ3n) is 4.82. The molecule has 0 aliphatic carbocycles. The number of benzene rings is 2. The quantitative estimate of drug-likeness (QED) is 0.339. The summed E-state index contributed by atoms with van der Waals surface area (Å²) in [6.07, 6.45) is -4.21. The van der Waals surface area contributed by atoms with Crippen LogP contribution in [0.3, 0.4) is 0 Å². The normalized spacial score (nSPS) is 19.1. The van der Waals surface area contributed by atoms with Crippen LogP contribution in [0.1, 0.15) is 31.4 Å². The van der Waals surface area contributed by atoms with Crippen molar-refractivity contribution in [3.63, 3.8) is 0 Å². The highest BCUT2D eigenvalue weighted by atomic mass is 32.2. The molecule has 3 rings (SSSR count). The average Bonchev–Trinajstić information content (AvgIpc) is 2.76. The molecule has 1 saturated heterocycles. The summed E-state index contributed by atoms with van der Waals surface area (Å²) in [6, 6.07) is 10.6. The van der Waals surface area contributed by atoms with Gasteiger partial charge in [-0.05, 0) is 68.3 Å². The Morgan fingerprint density at radius 2 is 1.79 bits per heavy atom. The van der Waals surface area contributed by atoms with E-state index in [2.05, 4.69) is 0 Å². The number of ether oxygens (including phenoxy) is 5. The molecule has 0 bridgehead atoms. The van der Waals surface area contributed by atoms with Gasteiger partial charge < -0.3 is 23.7 Å². The van der Waals surface area contributed by atoms with Crippen molar-refractivity contribution in [2.24, 2.45) is 0 Å². The molecule has 0 N–H and O–H groups in total. The highest BCUT2D eigenvalue weighted by Crippen LogP contribution is 2.31. The molecule has 9 heteroatoms. The minimum Gasteiger partial charge on any atom is -0.491 e. The SMILES string of the molecule is CCCOC(COc1ccc(C(F)(F)F)cc1)CSc1ccc(OCC2OC(C)O2)c(C)c1. The molecule has 1 fully saturated rings. The molecule has 0 aromatic heterocycles. The second kappa shape index (κ2) is 12.0. The molecule has 1 unspecified atom stereocenters. The zero-order valence-corrected chi connectivity index (χ0v) is 19.7. The topological polar surface area (TPSA) is 46.2 Å². The smallest absolute Gasteiger partial charge is 0.416 e. The van der Waals surface area contributed by atoms with Gasteiger partial charge in [-0.3, -0.25) is 0 Å². The summed E-state index contributed by atoms with van der Waals surface area (Å²) in [4.78, 5) is 1.06. The van der Waals surface area contributed by atoms with Crippen LogP contribution in [0.25, 0.3) is 0 Å². The van der Waals surface area contributed by atoms with Crippen molar-refractivity contribution in [3.8, 4) is 11.5 Å². The maximum atomic E-state index is 12.7. The van der Waals surface area contributed by atoms with E-state index in [4.69, 9.17) is 23.7 Å². The predicted octanol–water partition coefficient (Wildman–Crippen LogP) is 6.08. The van der Waals surface area contributed by atoms with Gasteiger partial charge in [-0.25, -0.2) is 0 Å². The van der Waals surface area contributed by atoms with E-state index in [0.717, 1.165) is 34.8 Å². The molecule has 2 aromatic carbocycles. The van der Waals surface area contributed by atoms with Gasteiger partial charge in [-0.1, -0.05) is 6.92 Å². The first-order chi connectivity index (χ1) is 15.7. The van der Waals surface area contributed by atoms with Gasteiger partial charge in [0.05, 0.1) is 5.56 Å². The molecule has 0 saturated carbocycles. The highest BCUT2D eigenvalue weighted by molar-refractivity contribution is 7.99. The molecule has 33 heavy (non-hydrogen) atoms. The van der Waals surface area contributed by atoms with Crippen LogP contribution < -0.4 is 9.47 Å². The molecule has 1 heterocycles. The van der Waals surface area contributed by atoms with E-state index < -0.39 is 11.7 Å². The first-order valence-electron chi connectivity index (χ1n) is 10.8. The largest absolute Gasteiger partial charge is 0.491 e. The summed E-state index contributed by atoms with van der Waals surface area (Å²) in [6.45, 7) is 6.99. The Balaban J connectivity index is 1.49. The van der Waals surface area contributed by atoms with Crippen LogP contribution in [-0.4, -0.2) is 44.3 Å². The van der Waals surface area contributed by atoms with Crippen LogP contribution in [-0.2, 0) is 20.4 Å². The van der Waals surface area contributed by atoms with E-state index in [-0.39, 0.29) is 25.3 Å². The van der Waals surface area contributed by atoms with Gasteiger partial charge in [0.2, 0.25) is 0 Å². The fourth-order valence-electron chi connectivity index (χ4n) is 3.10. The monoisotopic (exact) mass is 486 g/mol. The molecule has 0 spiro atoms. The Morgan fingerprint density at radius 1 is 1.06 bits per heavy atom.